The van der Waals surface area contributed by atoms with Crippen molar-refractivity contribution in [3.63, 3.8) is 0 Å². The van der Waals surface area contributed by atoms with E-state index in [9.17, 15) is 4.79 Å². The zero-order chi connectivity index (χ0) is 18.8. The summed E-state index contributed by atoms with van der Waals surface area (Å²) in [6.45, 7) is 4.56. The molecule has 0 aliphatic carbocycles. The van der Waals surface area contributed by atoms with Crippen LogP contribution in [0.25, 0.3) is 0 Å². The molecule has 1 N–H and O–H groups in total. The molecule has 3 nitrogen and oxygen atoms in total. The summed E-state index contributed by atoms with van der Waals surface area (Å²) >= 11 is 18.4. The zero-order valence-electron chi connectivity index (χ0n) is 14.4. The Bertz CT molecular complexity index is 876. The number of hydrogen-bond donors (Lipinski definition) is 1. The highest BCUT2D eigenvalue weighted by Gasteiger charge is 2.35. The zero-order valence-corrected chi connectivity index (χ0v) is 16.8. The van der Waals surface area contributed by atoms with Crippen LogP contribution >= 0.6 is 35.4 Å². The van der Waals surface area contributed by atoms with E-state index in [1.807, 2.05) is 36.9 Å². The van der Waals surface area contributed by atoms with Gasteiger partial charge in [0.15, 0.2) is 10.9 Å². The summed E-state index contributed by atoms with van der Waals surface area (Å²) in [6, 6.07) is 14.0. The number of rotatable bonds is 4. The lowest BCUT2D eigenvalue weighted by Crippen LogP contribution is -2.47. The minimum Gasteiger partial charge on any atom is -0.351 e. The lowest BCUT2D eigenvalue weighted by Gasteiger charge is -2.38. The molecule has 1 heterocycles. The Kier molecular flexibility index (Phi) is 5.66. The van der Waals surface area contributed by atoms with E-state index in [1.165, 1.54) is 0 Å². The van der Waals surface area contributed by atoms with Crippen molar-refractivity contribution in [3.8, 4) is 0 Å². The predicted molar refractivity (Wildman–Crippen MR) is 111 cm³/mol. The molecule has 1 aliphatic heterocycles. The Hall–Kier alpha value is -1.88. The van der Waals surface area contributed by atoms with Gasteiger partial charge >= 0.3 is 0 Å². The van der Waals surface area contributed by atoms with Gasteiger partial charge in [-0.3, -0.25) is 4.79 Å². The highest BCUT2D eigenvalue weighted by molar-refractivity contribution is 7.80. The summed E-state index contributed by atoms with van der Waals surface area (Å²) in [5, 5.41) is 4.80. The number of nitrogens with zero attached hydrogens (tertiary/aromatic N) is 1. The molecule has 0 spiro atoms. The van der Waals surface area contributed by atoms with E-state index >= 15 is 0 Å². The number of ketones is 1. The molecule has 0 aromatic heterocycles. The number of nitrogens with one attached hydrogen (secondary N) is 1. The van der Waals surface area contributed by atoms with Crippen LogP contribution in [0, 0.1) is 0 Å². The second-order valence-corrected chi connectivity index (χ2v) is 7.16. The molecule has 3 rings (SSSR count). The maximum Gasteiger partial charge on any atom is 0.193 e. The summed E-state index contributed by atoms with van der Waals surface area (Å²) < 4.78 is 0. The molecular weight excluding hydrogens is 387 g/mol. The monoisotopic (exact) mass is 404 g/mol. The van der Waals surface area contributed by atoms with Gasteiger partial charge in [-0.05, 0) is 38.2 Å². The molecule has 0 radical (unpaired) electrons. The summed E-state index contributed by atoms with van der Waals surface area (Å²) in [7, 11) is 0. The van der Waals surface area contributed by atoms with Crippen molar-refractivity contribution >= 4 is 46.3 Å². The molecular formula is C20H18Cl2N2OS. The molecule has 1 unspecified atom stereocenters. The Morgan fingerprint density at radius 1 is 1.12 bits per heavy atom. The quantitative estimate of drug-likeness (QED) is 0.545. The van der Waals surface area contributed by atoms with E-state index in [0.717, 1.165) is 5.70 Å². The van der Waals surface area contributed by atoms with Crippen molar-refractivity contribution in [1.29, 1.82) is 0 Å². The van der Waals surface area contributed by atoms with Crippen LogP contribution in [0.4, 0.5) is 0 Å². The second kappa shape index (κ2) is 7.78. The number of Topliss-reactive ketones (excluding diaryl/α,β-unsaturated/α-hetero) is 1. The molecule has 6 heteroatoms. The van der Waals surface area contributed by atoms with Crippen molar-refractivity contribution in [2.24, 2.45) is 0 Å². The van der Waals surface area contributed by atoms with Crippen LogP contribution in [-0.2, 0) is 0 Å². The minimum absolute atomic E-state index is 0.0717. The number of allylic oxidation sites excluding steroid dienone is 1. The Balaban J connectivity index is 2.21. The molecule has 0 fully saturated rings. The highest BCUT2D eigenvalue weighted by Crippen LogP contribution is 2.39. The number of thiocarbonyl (C=S) groups is 1. The Morgan fingerprint density at radius 3 is 2.31 bits per heavy atom. The molecule has 2 aromatic rings. The van der Waals surface area contributed by atoms with Crippen LogP contribution in [0.15, 0.2) is 59.8 Å². The molecule has 134 valence electrons. The van der Waals surface area contributed by atoms with Crippen LogP contribution in [0.2, 0.25) is 10.0 Å². The fourth-order valence-electron chi connectivity index (χ4n) is 3.20. The van der Waals surface area contributed by atoms with E-state index in [1.54, 1.807) is 30.3 Å². The molecule has 0 saturated carbocycles. The van der Waals surface area contributed by atoms with Crippen molar-refractivity contribution in [3.05, 3.63) is 81.0 Å². The van der Waals surface area contributed by atoms with Crippen molar-refractivity contribution in [1.82, 2.24) is 10.2 Å². The fraction of sp³-hybridized carbons (Fsp3) is 0.200. The van der Waals surface area contributed by atoms with Crippen LogP contribution < -0.4 is 5.32 Å². The summed E-state index contributed by atoms with van der Waals surface area (Å²) in [6.07, 6.45) is 0. The van der Waals surface area contributed by atoms with Gasteiger partial charge in [0.25, 0.3) is 0 Å². The fourth-order valence-corrected chi connectivity index (χ4v) is 4.20. The van der Waals surface area contributed by atoms with Gasteiger partial charge in [-0.15, -0.1) is 0 Å². The molecule has 0 saturated heterocycles. The average molecular weight is 405 g/mol. The normalized spacial score (nSPS) is 17.3. The third-order valence-corrected chi connectivity index (χ3v) is 5.48. The van der Waals surface area contributed by atoms with Gasteiger partial charge in [-0.1, -0.05) is 59.6 Å². The maximum absolute atomic E-state index is 13.3. The van der Waals surface area contributed by atoms with E-state index in [0.29, 0.717) is 38.4 Å². The molecule has 1 aliphatic rings. The SMILES string of the molecule is CCN1C(=S)NC(c2c(Cl)cccc2Cl)C(C(=O)c2ccccc2)=C1C. The molecule has 0 amide bonds. The number of carbonyl (C=O) groups is 1. The average Bonchev–Trinajstić information content (AvgIpc) is 2.62. The molecule has 2 aromatic carbocycles. The minimum atomic E-state index is -0.501. The van der Waals surface area contributed by atoms with Gasteiger partial charge in [0.1, 0.15) is 0 Å². The van der Waals surface area contributed by atoms with Gasteiger partial charge in [0.05, 0.1) is 6.04 Å². The Morgan fingerprint density at radius 2 is 1.73 bits per heavy atom. The van der Waals surface area contributed by atoms with E-state index in [2.05, 4.69) is 5.32 Å². The lowest BCUT2D eigenvalue weighted by molar-refractivity contribution is 0.102. The van der Waals surface area contributed by atoms with E-state index in [-0.39, 0.29) is 5.78 Å². The van der Waals surface area contributed by atoms with Gasteiger partial charge in [-0.25, -0.2) is 0 Å². The Labute approximate surface area is 168 Å². The maximum atomic E-state index is 13.3. The van der Waals surface area contributed by atoms with Gasteiger partial charge in [0, 0.05) is 39.0 Å². The third kappa shape index (κ3) is 3.37. The van der Waals surface area contributed by atoms with Crippen LogP contribution in [0.5, 0.6) is 0 Å². The van der Waals surface area contributed by atoms with Gasteiger partial charge < -0.3 is 10.2 Å². The first-order valence-electron chi connectivity index (χ1n) is 8.28. The van der Waals surface area contributed by atoms with E-state index in [4.69, 9.17) is 35.4 Å². The largest absolute Gasteiger partial charge is 0.351 e. The second-order valence-electron chi connectivity index (χ2n) is 5.96. The van der Waals surface area contributed by atoms with Crippen LogP contribution in [0.1, 0.15) is 35.8 Å². The lowest BCUT2D eigenvalue weighted by atomic mass is 9.89. The topological polar surface area (TPSA) is 32.3 Å². The van der Waals surface area contributed by atoms with Crippen LogP contribution in [-0.4, -0.2) is 22.3 Å². The first kappa shape index (κ1) is 18.9. The summed E-state index contributed by atoms with van der Waals surface area (Å²) in [5.41, 5.74) is 2.68. The predicted octanol–water partition coefficient (Wildman–Crippen LogP) is 5.40. The summed E-state index contributed by atoms with van der Waals surface area (Å²) in [4.78, 5) is 15.2. The number of hydrogen-bond acceptors (Lipinski definition) is 2. The van der Waals surface area contributed by atoms with E-state index < -0.39 is 6.04 Å². The number of carbonyl (C=O) groups excluding carboxylic acids is 1. The van der Waals surface area contributed by atoms with Gasteiger partial charge in [-0.2, -0.15) is 0 Å². The van der Waals surface area contributed by atoms with Crippen molar-refractivity contribution in [2.75, 3.05) is 6.54 Å². The molecule has 0 bridgehead atoms. The molecule has 26 heavy (non-hydrogen) atoms. The smallest absolute Gasteiger partial charge is 0.193 e. The first-order valence-corrected chi connectivity index (χ1v) is 9.44. The van der Waals surface area contributed by atoms with Gasteiger partial charge in [0.2, 0.25) is 0 Å². The highest BCUT2D eigenvalue weighted by atomic mass is 35.5. The first-order chi connectivity index (χ1) is 12.5. The van der Waals surface area contributed by atoms with Crippen molar-refractivity contribution in [2.45, 2.75) is 19.9 Å². The number of halogens is 2. The van der Waals surface area contributed by atoms with Crippen molar-refractivity contribution < 1.29 is 4.79 Å². The number of benzene rings is 2. The van der Waals surface area contributed by atoms with Crippen LogP contribution in [0.3, 0.4) is 0 Å². The standard InChI is InChI=1S/C20H18Cl2N2OS/c1-3-24-12(2)16(19(25)13-8-5-4-6-9-13)18(23-20(24)26)17-14(21)10-7-11-15(17)22/h4-11,18H,3H2,1-2H3,(H,23,26). The third-order valence-electron chi connectivity index (χ3n) is 4.48. The summed E-state index contributed by atoms with van der Waals surface area (Å²) in [5.74, 6) is -0.0717. The molecule has 1 atom stereocenters.